The molecule has 1 atom stereocenters. The van der Waals surface area contributed by atoms with Crippen molar-refractivity contribution in [1.29, 1.82) is 5.26 Å². The van der Waals surface area contributed by atoms with Gasteiger partial charge in [0.05, 0.1) is 11.8 Å². The molecule has 0 fully saturated rings. The Hall–Kier alpha value is -2.94. The van der Waals surface area contributed by atoms with Crippen molar-refractivity contribution in [3.8, 4) is 17.3 Å². The lowest BCUT2D eigenvalue weighted by molar-refractivity contribution is 0.0995. The largest absolute Gasteiger partial charge is 0.364 e. The summed E-state index contributed by atoms with van der Waals surface area (Å²) in [6.45, 7) is 2.06. The van der Waals surface area contributed by atoms with Crippen LogP contribution in [0.2, 0.25) is 0 Å². The first kappa shape index (κ1) is 16.4. The molecule has 0 bridgehead atoms. The molecule has 6 heteroatoms. The Bertz CT molecular complexity index is 709. The third-order valence-electron chi connectivity index (χ3n) is 3.35. The van der Waals surface area contributed by atoms with Crippen LogP contribution in [0, 0.1) is 11.3 Å². The first-order valence-electron chi connectivity index (χ1n) is 7.54. The van der Waals surface area contributed by atoms with Crippen LogP contribution in [0.15, 0.2) is 36.4 Å². The summed E-state index contributed by atoms with van der Waals surface area (Å²) in [6.07, 6.45) is 2.61. The Morgan fingerprint density at radius 1 is 1.35 bits per heavy atom. The van der Waals surface area contributed by atoms with Gasteiger partial charge in [-0.05, 0) is 12.5 Å². The van der Waals surface area contributed by atoms with E-state index in [2.05, 4.69) is 28.3 Å². The fraction of sp³-hybridized carbons (Fsp3) is 0.294. The van der Waals surface area contributed by atoms with E-state index >= 15 is 0 Å². The molecule has 118 valence electrons. The van der Waals surface area contributed by atoms with Gasteiger partial charge in [0.2, 0.25) is 5.95 Å². The van der Waals surface area contributed by atoms with E-state index < -0.39 is 11.9 Å². The van der Waals surface area contributed by atoms with E-state index in [0.717, 1.165) is 18.4 Å². The molecule has 23 heavy (non-hydrogen) atoms. The summed E-state index contributed by atoms with van der Waals surface area (Å²) in [6, 6.07) is 12.8. The van der Waals surface area contributed by atoms with Gasteiger partial charge in [0.1, 0.15) is 11.7 Å². The topological polar surface area (TPSA) is 105 Å². The molecule has 2 aromatic rings. The van der Waals surface area contributed by atoms with Crippen LogP contribution in [0.5, 0.6) is 0 Å². The number of rotatable bonds is 7. The van der Waals surface area contributed by atoms with Crippen LogP contribution in [0.25, 0.3) is 11.3 Å². The molecule has 6 nitrogen and oxygen atoms in total. The second kappa shape index (κ2) is 7.90. The molecule has 0 aliphatic carbocycles. The summed E-state index contributed by atoms with van der Waals surface area (Å²) in [7, 11) is 0. The standard InChI is InChI=1S/C17H19N5O/c1-2-3-9-13(11-18)20-17-21-14(10-15(22-17)16(19)23)12-7-5-4-6-8-12/h4-8,10,13H,2-3,9H2,1H3,(H2,19,23)(H,20,21,22). The average molecular weight is 309 g/mol. The smallest absolute Gasteiger partial charge is 0.267 e. The number of nitrogens with zero attached hydrogens (tertiary/aromatic N) is 3. The molecule has 1 amide bonds. The molecular formula is C17H19N5O. The summed E-state index contributed by atoms with van der Waals surface area (Å²) < 4.78 is 0. The van der Waals surface area contributed by atoms with Crippen LogP contribution in [-0.4, -0.2) is 21.9 Å². The molecule has 3 N–H and O–H groups in total. The highest BCUT2D eigenvalue weighted by Crippen LogP contribution is 2.19. The molecule has 0 aliphatic heterocycles. The number of primary amides is 1. The number of hydrogen-bond acceptors (Lipinski definition) is 5. The first-order chi connectivity index (χ1) is 11.1. The van der Waals surface area contributed by atoms with E-state index in [0.29, 0.717) is 12.1 Å². The minimum Gasteiger partial charge on any atom is -0.364 e. The Morgan fingerprint density at radius 3 is 2.70 bits per heavy atom. The van der Waals surface area contributed by atoms with E-state index in [9.17, 15) is 10.1 Å². The lowest BCUT2D eigenvalue weighted by Crippen LogP contribution is -2.21. The third kappa shape index (κ3) is 4.51. The highest BCUT2D eigenvalue weighted by molar-refractivity contribution is 5.92. The van der Waals surface area contributed by atoms with Crippen LogP contribution < -0.4 is 11.1 Å². The molecule has 1 aromatic heterocycles. The van der Waals surface area contributed by atoms with Crippen molar-refractivity contribution in [1.82, 2.24) is 9.97 Å². The molecule has 2 rings (SSSR count). The summed E-state index contributed by atoms with van der Waals surface area (Å²) in [5.41, 5.74) is 6.91. The van der Waals surface area contributed by atoms with Gasteiger partial charge in [-0.1, -0.05) is 50.1 Å². The third-order valence-corrected chi connectivity index (χ3v) is 3.35. The maximum Gasteiger partial charge on any atom is 0.267 e. The maximum atomic E-state index is 11.5. The Kier molecular flexibility index (Phi) is 5.64. The van der Waals surface area contributed by atoms with Gasteiger partial charge >= 0.3 is 0 Å². The number of carbonyl (C=O) groups excluding carboxylic acids is 1. The Balaban J connectivity index is 2.34. The van der Waals surface area contributed by atoms with Crippen LogP contribution >= 0.6 is 0 Å². The molecule has 1 aromatic carbocycles. The fourth-order valence-corrected chi connectivity index (χ4v) is 2.13. The van der Waals surface area contributed by atoms with Gasteiger partial charge in [0.25, 0.3) is 5.91 Å². The van der Waals surface area contributed by atoms with Crippen LogP contribution in [0.3, 0.4) is 0 Å². The number of carbonyl (C=O) groups is 1. The van der Waals surface area contributed by atoms with Gasteiger partial charge in [0.15, 0.2) is 0 Å². The van der Waals surface area contributed by atoms with Crippen molar-refractivity contribution in [3.63, 3.8) is 0 Å². The van der Waals surface area contributed by atoms with Crippen molar-refractivity contribution in [3.05, 3.63) is 42.1 Å². The van der Waals surface area contributed by atoms with Crippen molar-refractivity contribution in [2.75, 3.05) is 5.32 Å². The number of nitrogens with two attached hydrogens (primary N) is 1. The fourth-order valence-electron chi connectivity index (χ4n) is 2.13. The molecule has 0 saturated heterocycles. The number of amides is 1. The highest BCUT2D eigenvalue weighted by atomic mass is 16.1. The average Bonchev–Trinajstić information content (AvgIpc) is 2.59. The van der Waals surface area contributed by atoms with Crippen LogP contribution in [0.4, 0.5) is 5.95 Å². The lowest BCUT2D eigenvalue weighted by atomic mass is 10.1. The van der Waals surface area contributed by atoms with Crippen molar-refractivity contribution < 1.29 is 4.79 Å². The highest BCUT2D eigenvalue weighted by Gasteiger charge is 2.13. The zero-order chi connectivity index (χ0) is 16.7. The predicted molar refractivity (Wildman–Crippen MR) is 88.5 cm³/mol. The zero-order valence-corrected chi connectivity index (χ0v) is 13.0. The van der Waals surface area contributed by atoms with Crippen molar-refractivity contribution >= 4 is 11.9 Å². The molecule has 0 spiro atoms. The molecule has 1 heterocycles. The number of nitrogens with one attached hydrogen (secondary N) is 1. The zero-order valence-electron chi connectivity index (χ0n) is 13.0. The second-order valence-electron chi connectivity index (χ2n) is 5.16. The maximum absolute atomic E-state index is 11.5. The quantitative estimate of drug-likeness (QED) is 0.818. The van der Waals surface area contributed by atoms with Gasteiger partial charge < -0.3 is 11.1 Å². The van der Waals surface area contributed by atoms with E-state index in [1.165, 1.54) is 0 Å². The number of nitriles is 1. The normalized spacial score (nSPS) is 11.5. The SMILES string of the molecule is CCCCC(C#N)Nc1nc(C(N)=O)cc(-c2ccccc2)n1. The summed E-state index contributed by atoms with van der Waals surface area (Å²) in [5.74, 6) is -0.391. The van der Waals surface area contributed by atoms with Gasteiger partial charge in [0, 0.05) is 5.56 Å². The molecule has 0 saturated carbocycles. The minimum absolute atomic E-state index is 0.119. The molecule has 0 radical (unpaired) electrons. The van der Waals surface area contributed by atoms with Crippen LogP contribution in [-0.2, 0) is 0 Å². The predicted octanol–water partition coefficient (Wildman–Crippen LogP) is 2.74. The van der Waals surface area contributed by atoms with Gasteiger partial charge in [-0.2, -0.15) is 5.26 Å². The number of anilines is 1. The number of unbranched alkanes of at least 4 members (excludes halogenated alkanes) is 1. The number of hydrogen-bond donors (Lipinski definition) is 2. The summed E-state index contributed by atoms with van der Waals surface area (Å²) in [5, 5.41) is 12.2. The van der Waals surface area contributed by atoms with Crippen molar-refractivity contribution in [2.45, 2.75) is 32.2 Å². The summed E-state index contributed by atoms with van der Waals surface area (Å²) >= 11 is 0. The van der Waals surface area contributed by atoms with E-state index in [1.807, 2.05) is 30.3 Å². The second-order valence-corrected chi connectivity index (χ2v) is 5.16. The van der Waals surface area contributed by atoms with E-state index in [1.54, 1.807) is 6.07 Å². The van der Waals surface area contributed by atoms with E-state index in [-0.39, 0.29) is 11.6 Å². The number of benzene rings is 1. The molecular weight excluding hydrogens is 290 g/mol. The Morgan fingerprint density at radius 2 is 2.09 bits per heavy atom. The summed E-state index contributed by atoms with van der Waals surface area (Å²) in [4.78, 5) is 20.0. The monoisotopic (exact) mass is 309 g/mol. The first-order valence-corrected chi connectivity index (χ1v) is 7.54. The Labute approximate surface area is 135 Å². The number of aromatic nitrogens is 2. The van der Waals surface area contributed by atoms with Gasteiger partial charge in [-0.25, -0.2) is 9.97 Å². The minimum atomic E-state index is -0.630. The van der Waals surface area contributed by atoms with E-state index in [4.69, 9.17) is 5.73 Å². The van der Waals surface area contributed by atoms with Gasteiger partial charge in [-0.3, -0.25) is 4.79 Å². The van der Waals surface area contributed by atoms with Crippen LogP contribution in [0.1, 0.15) is 36.7 Å². The van der Waals surface area contributed by atoms with Gasteiger partial charge in [-0.15, -0.1) is 0 Å². The molecule has 0 aliphatic rings. The van der Waals surface area contributed by atoms with Crippen molar-refractivity contribution in [2.24, 2.45) is 5.73 Å². The lowest BCUT2D eigenvalue weighted by Gasteiger charge is -2.12. The molecule has 1 unspecified atom stereocenters.